The van der Waals surface area contributed by atoms with Crippen LogP contribution in [-0.4, -0.2) is 18.0 Å². The molecular weight excluding hydrogens is 268 g/mol. The van der Waals surface area contributed by atoms with E-state index in [-0.39, 0.29) is 11.9 Å². The number of unbranched alkanes of at least 4 members (excludes halogenated alkanes) is 1. The van der Waals surface area contributed by atoms with E-state index in [2.05, 4.69) is 17.6 Å². The molecule has 21 heavy (non-hydrogen) atoms. The molecule has 2 atom stereocenters. The van der Waals surface area contributed by atoms with Crippen molar-refractivity contribution in [3.05, 3.63) is 29.8 Å². The minimum atomic E-state index is -0.606. The van der Waals surface area contributed by atoms with Crippen LogP contribution in [0.3, 0.4) is 0 Å². The first kappa shape index (κ1) is 17.0. The van der Waals surface area contributed by atoms with Crippen LogP contribution in [-0.2, 0) is 4.79 Å². The first-order valence-electron chi connectivity index (χ1n) is 7.16. The second-order valence-electron chi connectivity index (χ2n) is 5.09. The third-order valence-electron chi connectivity index (χ3n) is 3.24. The number of carbonyl (C=O) groups is 2. The van der Waals surface area contributed by atoms with Gasteiger partial charge in [0.25, 0.3) is 0 Å². The number of rotatable bonds is 7. The summed E-state index contributed by atoms with van der Waals surface area (Å²) in [5.41, 5.74) is 12.4. The summed E-state index contributed by atoms with van der Waals surface area (Å²) in [5, 5.41) is 5.37. The zero-order chi connectivity index (χ0) is 15.8. The molecule has 0 radical (unpaired) electrons. The fourth-order valence-corrected chi connectivity index (χ4v) is 1.96. The molecule has 0 spiro atoms. The minimum absolute atomic E-state index is 0.143. The van der Waals surface area contributed by atoms with Gasteiger partial charge in [-0.1, -0.05) is 31.9 Å². The highest BCUT2D eigenvalue weighted by Crippen LogP contribution is 2.16. The lowest BCUT2D eigenvalue weighted by atomic mass is 10.1. The van der Waals surface area contributed by atoms with Crippen LogP contribution in [0.1, 0.15) is 44.7 Å². The van der Waals surface area contributed by atoms with Crippen molar-refractivity contribution in [3.63, 3.8) is 0 Å². The number of nitrogens with two attached hydrogens (primary N) is 2. The van der Waals surface area contributed by atoms with Gasteiger partial charge in [0.05, 0.1) is 12.1 Å². The first-order valence-corrected chi connectivity index (χ1v) is 7.16. The summed E-state index contributed by atoms with van der Waals surface area (Å²) in [7, 11) is 0. The average molecular weight is 292 g/mol. The van der Waals surface area contributed by atoms with Gasteiger partial charge in [-0.05, 0) is 31.0 Å². The van der Waals surface area contributed by atoms with Crippen molar-refractivity contribution in [2.24, 2.45) is 11.5 Å². The van der Waals surface area contributed by atoms with E-state index in [1.807, 2.05) is 19.1 Å². The highest BCUT2D eigenvalue weighted by Gasteiger charge is 2.16. The minimum Gasteiger partial charge on any atom is -0.351 e. The van der Waals surface area contributed by atoms with Gasteiger partial charge in [0.2, 0.25) is 5.91 Å². The fourth-order valence-electron chi connectivity index (χ4n) is 1.96. The molecule has 0 aliphatic carbocycles. The lowest BCUT2D eigenvalue weighted by Gasteiger charge is -2.18. The summed E-state index contributed by atoms with van der Waals surface area (Å²) in [6.45, 7) is 3.95. The van der Waals surface area contributed by atoms with Crippen LogP contribution >= 0.6 is 0 Å². The third kappa shape index (κ3) is 5.83. The van der Waals surface area contributed by atoms with E-state index < -0.39 is 12.1 Å². The van der Waals surface area contributed by atoms with Crippen LogP contribution in [0.2, 0.25) is 0 Å². The second kappa shape index (κ2) is 8.26. The number of urea groups is 1. The third-order valence-corrected chi connectivity index (χ3v) is 3.24. The molecule has 0 heterocycles. The first-order chi connectivity index (χ1) is 9.93. The second-order valence-corrected chi connectivity index (χ2v) is 5.09. The number of primary amides is 1. The largest absolute Gasteiger partial charge is 0.351 e. The van der Waals surface area contributed by atoms with Crippen molar-refractivity contribution in [2.45, 2.75) is 45.2 Å². The van der Waals surface area contributed by atoms with E-state index in [4.69, 9.17) is 11.5 Å². The summed E-state index contributed by atoms with van der Waals surface area (Å²) >= 11 is 0. The molecule has 1 aromatic rings. The summed E-state index contributed by atoms with van der Waals surface area (Å²) in [6.07, 6.45) is 2.65. The van der Waals surface area contributed by atoms with Crippen molar-refractivity contribution >= 4 is 17.6 Å². The van der Waals surface area contributed by atoms with Gasteiger partial charge >= 0.3 is 6.03 Å². The van der Waals surface area contributed by atoms with Gasteiger partial charge in [-0.3, -0.25) is 4.79 Å². The predicted molar refractivity (Wildman–Crippen MR) is 83.7 cm³/mol. The zero-order valence-corrected chi connectivity index (χ0v) is 12.6. The van der Waals surface area contributed by atoms with E-state index in [1.54, 1.807) is 12.1 Å². The van der Waals surface area contributed by atoms with E-state index in [1.165, 1.54) is 0 Å². The van der Waals surface area contributed by atoms with Gasteiger partial charge in [0.15, 0.2) is 0 Å². The number of benzene rings is 1. The smallest absolute Gasteiger partial charge is 0.316 e. The Hall–Kier alpha value is -2.08. The van der Waals surface area contributed by atoms with Gasteiger partial charge in [0.1, 0.15) is 0 Å². The number of hydrogen-bond donors (Lipinski definition) is 4. The van der Waals surface area contributed by atoms with E-state index in [9.17, 15) is 9.59 Å². The molecule has 6 nitrogen and oxygen atoms in total. The number of nitrogens with one attached hydrogen (secondary N) is 2. The zero-order valence-electron chi connectivity index (χ0n) is 12.6. The normalized spacial score (nSPS) is 13.3. The molecular formula is C15H24N4O2. The number of anilines is 1. The highest BCUT2D eigenvalue weighted by molar-refractivity contribution is 5.87. The average Bonchev–Trinajstić information content (AvgIpc) is 2.44. The molecule has 3 amide bonds. The Morgan fingerprint density at radius 1 is 1.24 bits per heavy atom. The van der Waals surface area contributed by atoms with Gasteiger partial charge in [-0.25, -0.2) is 4.79 Å². The Kier molecular flexibility index (Phi) is 6.68. The molecule has 1 aromatic carbocycles. The maximum Gasteiger partial charge on any atom is 0.316 e. The Balaban J connectivity index is 2.56. The van der Waals surface area contributed by atoms with E-state index >= 15 is 0 Å². The van der Waals surface area contributed by atoms with Crippen LogP contribution in [0.15, 0.2) is 24.3 Å². The molecule has 0 fully saturated rings. The maximum atomic E-state index is 11.9. The van der Waals surface area contributed by atoms with Crippen molar-refractivity contribution in [1.82, 2.24) is 5.32 Å². The van der Waals surface area contributed by atoms with Gasteiger partial charge in [-0.2, -0.15) is 0 Å². The van der Waals surface area contributed by atoms with Crippen LogP contribution in [0.4, 0.5) is 10.5 Å². The molecule has 116 valence electrons. The van der Waals surface area contributed by atoms with Crippen LogP contribution in [0.5, 0.6) is 0 Å². The van der Waals surface area contributed by atoms with Gasteiger partial charge in [0, 0.05) is 5.69 Å². The quantitative estimate of drug-likeness (QED) is 0.615. The van der Waals surface area contributed by atoms with Crippen LogP contribution in [0, 0.1) is 0 Å². The maximum absolute atomic E-state index is 11.9. The molecule has 0 saturated heterocycles. The number of hydrogen-bond acceptors (Lipinski definition) is 3. The van der Waals surface area contributed by atoms with Crippen LogP contribution < -0.4 is 22.1 Å². The highest BCUT2D eigenvalue weighted by atomic mass is 16.2. The number of carbonyl (C=O) groups excluding carboxylic acids is 2. The molecule has 0 aliphatic heterocycles. The van der Waals surface area contributed by atoms with E-state index in [0.717, 1.165) is 18.4 Å². The molecule has 6 heteroatoms. The Labute approximate surface area is 125 Å². The predicted octanol–water partition coefficient (Wildman–Crippen LogP) is 1.87. The molecule has 0 bridgehead atoms. The van der Waals surface area contributed by atoms with Crippen molar-refractivity contribution in [2.75, 3.05) is 5.32 Å². The van der Waals surface area contributed by atoms with Crippen molar-refractivity contribution < 1.29 is 9.59 Å². The molecule has 1 unspecified atom stereocenters. The number of amides is 3. The Morgan fingerprint density at radius 2 is 1.86 bits per heavy atom. The molecule has 0 aromatic heterocycles. The molecule has 1 rings (SSSR count). The molecule has 6 N–H and O–H groups in total. The monoisotopic (exact) mass is 292 g/mol. The standard InChI is InChI=1S/C15H24N4O2/c1-3-4-5-13(16)14(20)18-10(2)11-6-8-12(9-7-11)19-15(17)21/h6-10,13H,3-5,16H2,1-2H3,(H,18,20)(H3,17,19,21)/t10?,13-/m0/s1. The van der Waals surface area contributed by atoms with Gasteiger partial charge in [-0.15, -0.1) is 0 Å². The summed E-state index contributed by atoms with van der Waals surface area (Å²) in [6, 6.07) is 5.91. The Bertz CT molecular complexity index is 473. The summed E-state index contributed by atoms with van der Waals surface area (Å²) in [4.78, 5) is 22.7. The summed E-state index contributed by atoms with van der Waals surface area (Å²) in [5.74, 6) is -0.143. The lowest BCUT2D eigenvalue weighted by Crippen LogP contribution is -2.41. The summed E-state index contributed by atoms with van der Waals surface area (Å²) < 4.78 is 0. The topological polar surface area (TPSA) is 110 Å². The lowest BCUT2D eigenvalue weighted by molar-refractivity contribution is -0.123. The Morgan fingerprint density at radius 3 is 2.38 bits per heavy atom. The molecule has 0 aliphatic rings. The van der Waals surface area contributed by atoms with Gasteiger partial charge < -0.3 is 22.1 Å². The fraction of sp³-hybridized carbons (Fsp3) is 0.467. The SMILES string of the molecule is CCCC[C@H](N)C(=O)NC(C)c1ccc(NC(N)=O)cc1. The van der Waals surface area contributed by atoms with Crippen molar-refractivity contribution in [1.29, 1.82) is 0 Å². The van der Waals surface area contributed by atoms with E-state index in [0.29, 0.717) is 12.1 Å². The van der Waals surface area contributed by atoms with Crippen LogP contribution in [0.25, 0.3) is 0 Å². The van der Waals surface area contributed by atoms with Crippen molar-refractivity contribution in [3.8, 4) is 0 Å². The molecule has 0 saturated carbocycles.